The van der Waals surface area contributed by atoms with Crippen LogP contribution in [0.25, 0.3) is 82.9 Å². The van der Waals surface area contributed by atoms with E-state index in [0.29, 0.717) is 5.82 Å². The molecule has 0 bridgehead atoms. The Balaban J connectivity index is 1.12. The molecule has 0 fully saturated rings. The third kappa shape index (κ3) is 4.34. The molecule has 1 aliphatic rings. The largest absolute Gasteiger partial charge is 0.309 e. The summed E-state index contributed by atoms with van der Waals surface area (Å²) in [5, 5.41) is 8.31. The summed E-state index contributed by atoms with van der Waals surface area (Å²) in [4.78, 5) is 10.3. The molecule has 53 heavy (non-hydrogen) atoms. The topological polar surface area (TPSA) is 47.8 Å². The van der Waals surface area contributed by atoms with Gasteiger partial charge in [-0.25, -0.2) is 9.97 Å². The van der Waals surface area contributed by atoms with Crippen LogP contribution in [0, 0.1) is 0 Å². The molecule has 2 aromatic heterocycles. The molecule has 3 heterocycles. The maximum absolute atomic E-state index is 15.4. The van der Waals surface area contributed by atoms with Crippen LogP contribution in [0.2, 0.25) is 0 Å². The molecule has 8 aromatic carbocycles. The Kier molecular flexibility index (Phi) is 6.49. The highest BCUT2D eigenvalue weighted by molar-refractivity contribution is 7.86. The lowest BCUT2D eigenvalue weighted by Crippen LogP contribution is -2.20. The molecule has 0 spiro atoms. The fourth-order valence-corrected chi connectivity index (χ4v) is 11.5. The van der Waals surface area contributed by atoms with Crippen molar-refractivity contribution in [1.29, 1.82) is 0 Å². The van der Waals surface area contributed by atoms with Crippen molar-refractivity contribution < 1.29 is 4.57 Å². The molecule has 4 nitrogen and oxygen atoms in total. The van der Waals surface area contributed by atoms with Crippen LogP contribution in [-0.2, 0) is 4.57 Å². The van der Waals surface area contributed by atoms with E-state index < -0.39 is 7.14 Å². The molecule has 0 N–H and O–H groups in total. The highest BCUT2D eigenvalue weighted by Gasteiger charge is 2.41. The predicted octanol–water partition coefficient (Wildman–Crippen LogP) is 10.8. The van der Waals surface area contributed by atoms with Crippen molar-refractivity contribution >= 4 is 66.5 Å². The van der Waals surface area contributed by atoms with Crippen molar-refractivity contribution in [2.45, 2.75) is 0 Å². The van der Waals surface area contributed by atoms with Gasteiger partial charge in [-0.2, -0.15) is 0 Å². The SMILES string of the molecule is O=P1(c2ccccc2)c2ccccc2-c2c1ccc1c3ccccc3n(-c3ccc(-c4nc(-c5cccc6ccccc56)c5ccccc5n4)cc3)c21. The van der Waals surface area contributed by atoms with Gasteiger partial charge in [-0.15, -0.1) is 0 Å². The fourth-order valence-electron chi connectivity index (χ4n) is 8.45. The van der Waals surface area contributed by atoms with Gasteiger partial charge in [0.25, 0.3) is 0 Å². The normalized spacial score (nSPS) is 14.9. The van der Waals surface area contributed by atoms with Gasteiger partial charge in [0, 0.05) is 54.5 Å². The molecule has 0 saturated heterocycles. The van der Waals surface area contributed by atoms with Crippen LogP contribution >= 0.6 is 7.14 Å². The van der Waals surface area contributed by atoms with Gasteiger partial charge < -0.3 is 9.13 Å². The number of aromatic nitrogens is 3. The maximum Gasteiger partial charge on any atom is 0.172 e. The molecule has 5 heteroatoms. The molecule has 0 saturated carbocycles. The minimum Gasteiger partial charge on any atom is -0.309 e. The number of para-hydroxylation sites is 2. The second-order valence-corrected chi connectivity index (χ2v) is 16.4. The Hall–Kier alpha value is -6.61. The molecular formula is C48H30N3OP. The van der Waals surface area contributed by atoms with E-state index in [9.17, 15) is 0 Å². The Morgan fingerprint density at radius 2 is 1.15 bits per heavy atom. The first kappa shape index (κ1) is 30.1. The smallest absolute Gasteiger partial charge is 0.172 e. The van der Waals surface area contributed by atoms with Crippen LogP contribution in [0.5, 0.6) is 0 Å². The highest BCUT2D eigenvalue weighted by atomic mass is 31.2. The van der Waals surface area contributed by atoms with Crippen molar-refractivity contribution in [3.8, 4) is 39.5 Å². The van der Waals surface area contributed by atoms with Crippen molar-refractivity contribution in [2.75, 3.05) is 0 Å². The summed E-state index contributed by atoms with van der Waals surface area (Å²) in [6.07, 6.45) is 0. The summed E-state index contributed by atoms with van der Waals surface area (Å²) in [6, 6.07) is 62.7. The third-order valence-corrected chi connectivity index (χ3v) is 14.0. The van der Waals surface area contributed by atoms with Crippen LogP contribution in [-0.4, -0.2) is 14.5 Å². The summed E-state index contributed by atoms with van der Waals surface area (Å²) >= 11 is 0. The van der Waals surface area contributed by atoms with Crippen molar-refractivity contribution in [3.05, 3.63) is 182 Å². The maximum atomic E-state index is 15.4. The standard InChI is InChI=1S/C48H30N3OP/c52-53(34-15-2-1-3-16-34)43-24-11-8-20-40(43)45-44(53)30-29-38-36-18-7-10-23-42(36)51(47(38)45)33-27-25-32(26-28-33)48-49-41-22-9-6-19-39(41)46(50-48)37-21-12-14-31-13-4-5-17-35(31)37/h1-30H. The van der Waals surface area contributed by atoms with E-state index in [0.717, 1.165) is 87.6 Å². The number of hydrogen-bond acceptors (Lipinski definition) is 3. The van der Waals surface area contributed by atoms with Gasteiger partial charge >= 0.3 is 0 Å². The molecule has 1 atom stereocenters. The van der Waals surface area contributed by atoms with Gasteiger partial charge in [-0.05, 0) is 58.8 Å². The fraction of sp³-hybridized carbons (Fsp3) is 0. The van der Waals surface area contributed by atoms with Crippen molar-refractivity contribution in [3.63, 3.8) is 0 Å². The Bertz CT molecular complexity index is 3140. The van der Waals surface area contributed by atoms with E-state index >= 15 is 4.57 Å². The summed E-state index contributed by atoms with van der Waals surface area (Å²) in [5.74, 6) is 0.680. The minimum atomic E-state index is -3.11. The quantitative estimate of drug-likeness (QED) is 0.172. The van der Waals surface area contributed by atoms with Crippen LogP contribution in [0.15, 0.2) is 182 Å². The van der Waals surface area contributed by atoms with E-state index in [1.807, 2.05) is 48.5 Å². The molecule has 1 unspecified atom stereocenters. The first-order valence-electron chi connectivity index (χ1n) is 17.9. The van der Waals surface area contributed by atoms with E-state index in [-0.39, 0.29) is 0 Å². The lowest BCUT2D eigenvalue weighted by Gasteiger charge is -2.16. The Morgan fingerprint density at radius 1 is 0.472 bits per heavy atom. The molecule has 0 aliphatic carbocycles. The van der Waals surface area contributed by atoms with Crippen LogP contribution in [0.1, 0.15) is 0 Å². The minimum absolute atomic E-state index is 0.680. The second-order valence-electron chi connectivity index (χ2n) is 13.7. The van der Waals surface area contributed by atoms with Gasteiger partial charge in [-0.1, -0.05) is 140 Å². The molecule has 11 rings (SSSR count). The van der Waals surface area contributed by atoms with E-state index in [1.165, 1.54) is 5.39 Å². The zero-order valence-corrected chi connectivity index (χ0v) is 29.4. The average Bonchev–Trinajstić information content (AvgIpc) is 3.71. The first-order chi connectivity index (χ1) is 26.2. The van der Waals surface area contributed by atoms with E-state index in [2.05, 4.69) is 138 Å². The zero-order valence-electron chi connectivity index (χ0n) is 28.5. The lowest BCUT2D eigenvalue weighted by molar-refractivity contribution is 0.593. The number of benzene rings is 8. The molecule has 0 radical (unpaired) electrons. The van der Waals surface area contributed by atoms with Gasteiger partial charge in [0.1, 0.15) is 0 Å². The molecule has 1 aliphatic heterocycles. The monoisotopic (exact) mass is 695 g/mol. The molecule has 0 amide bonds. The van der Waals surface area contributed by atoms with E-state index in [1.54, 1.807) is 0 Å². The molecular weight excluding hydrogens is 666 g/mol. The summed E-state index contributed by atoms with van der Waals surface area (Å²) < 4.78 is 17.8. The number of hydrogen-bond donors (Lipinski definition) is 0. The van der Waals surface area contributed by atoms with Gasteiger partial charge in [0.05, 0.1) is 22.2 Å². The van der Waals surface area contributed by atoms with Crippen molar-refractivity contribution in [1.82, 2.24) is 14.5 Å². The van der Waals surface area contributed by atoms with Gasteiger partial charge in [-0.3, -0.25) is 0 Å². The molecule has 248 valence electrons. The summed E-state index contributed by atoms with van der Waals surface area (Å²) in [5.41, 5.74) is 9.12. The number of nitrogens with zero attached hydrogens (tertiary/aromatic N) is 3. The second kappa shape index (κ2) is 11.4. The van der Waals surface area contributed by atoms with E-state index in [4.69, 9.17) is 9.97 Å². The zero-order chi connectivity index (χ0) is 35.1. The Labute approximate surface area is 306 Å². The highest BCUT2D eigenvalue weighted by Crippen LogP contribution is 2.54. The van der Waals surface area contributed by atoms with Crippen molar-refractivity contribution in [2.24, 2.45) is 0 Å². The van der Waals surface area contributed by atoms with Crippen LogP contribution < -0.4 is 15.9 Å². The summed E-state index contributed by atoms with van der Waals surface area (Å²) in [7, 11) is -3.11. The van der Waals surface area contributed by atoms with Gasteiger partial charge in [0.15, 0.2) is 13.0 Å². The predicted molar refractivity (Wildman–Crippen MR) is 221 cm³/mol. The third-order valence-electron chi connectivity index (χ3n) is 10.8. The number of fused-ring (bicyclic) bond motifs is 9. The summed E-state index contributed by atoms with van der Waals surface area (Å²) in [6.45, 7) is 0. The Morgan fingerprint density at radius 3 is 2.02 bits per heavy atom. The number of rotatable bonds is 4. The first-order valence-corrected chi connectivity index (χ1v) is 19.6. The van der Waals surface area contributed by atoms with Gasteiger partial charge in [0.2, 0.25) is 0 Å². The van der Waals surface area contributed by atoms with Crippen LogP contribution in [0.4, 0.5) is 0 Å². The van der Waals surface area contributed by atoms with Crippen LogP contribution in [0.3, 0.4) is 0 Å². The average molecular weight is 696 g/mol. The molecule has 10 aromatic rings. The lowest BCUT2D eigenvalue weighted by atomic mass is 9.99.